The number of hydrogen-bond acceptors (Lipinski definition) is 3. The van der Waals surface area contributed by atoms with Crippen LogP contribution < -0.4 is 0 Å². The lowest BCUT2D eigenvalue weighted by Crippen LogP contribution is -1.98. The maximum Gasteiger partial charge on any atom is 0.164 e. The average Bonchev–Trinajstić information content (AvgIpc) is 2.94. The van der Waals surface area contributed by atoms with Crippen molar-refractivity contribution >= 4 is 11.2 Å². The van der Waals surface area contributed by atoms with Crippen LogP contribution in [0.4, 0.5) is 4.39 Å². The quantitative estimate of drug-likeness (QED) is 0.610. The van der Waals surface area contributed by atoms with Crippen LogP contribution in [-0.2, 0) is 0 Å². The monoisotopic (exact) mass is 305 g/mol. The minimum Gasteiger partial charge on any atom is -0.507 e. The number of phenols is 1. The van der Waals surface area contributed by atoms with E-state index in [2.05, 4.69) is 9.97 Å². The van der Waals surface area contributed by atoms with Crippen LogP contribution in [0.5, 0.6) is 5.75 Å². The first-order valence-corrected chi connectivity index (χ1v) is 7.12. The predicted molar refractivity (Wildman–Crippen MR) is 85.9 cm³/mol. The molecule has 2 aromatic carbocycles. The van der Waals surface area contributed by atoms with E-state index in [0.717, 1.165) is 11.8 Å². The van der Waals surface area contributed by atoms with E-state index >= 15 is 0 Å². The lowest BCUT2D eigenvalue weighted by atomic mass is 10.1. The largest absolute Gasteiger partial charge is 0.507 e. The van der Waals surface area contributed by atoms with Crippen LogP contribution in [0.25, 0.3) is 28.2 Å². The lowest BCUT2D eigenvalue weighted by molar-refractivity contribution is 0.470. The van der Waals surface area contributed by atoms with E-state index in [9.17, 15) is 9.50 Å². The Hall–Kier alpha value is -3.21. The molecule has 2 aromatic heterocycles. The Kier molecular flexibility index (Phi) is 3.05. The number of imidazole rings is 1. The molecule has 0 amide bonds. The Morgan fingerprint density at radius 2 is 1.78 bits per heavy atom. The first-order chi connectivity index (χ1) is 11.2. The number of para-hydroxylation sites is 1. The molecule has 23 heavy (non-hydrogen) atoms. The van der Waals surface area contributed by atoms with Crippen molar-refractivity contribution in [3.05, 3.63) is 72.7 Å². The number of pyridine rings is 1. The predicted octanol–water partition coefficient (Wildman–Crippen LogP) is 3.93. The molecule has 0 radical (unpaired) electrons. The molecule has 5 heteroatoms. The zero-order valence-electron chi connectivity index (χ0n) is 12.0. The SMILES string of the molecule is Oc1cc(F)ccc1-c1nc2cccnc2n1-c1ccccc1. The fraction of sp³-hybridized carbons (Fsp3) is 0. The highest BCUT2D eigenvalue weighted by Gasteiger charge is 2.17. The summed E-state index contributed by atoms with van der Waals surface area (Å²) in [6.45, 7) is 0. The summed E-state index contributed by atoms with van der Waals surface area (Å²) in [5, 5.41) is 10.1. The molecule has 0 spiro atoms. The Balaban J connectivity index is 2.07. The van der Waals surface area contributed by atoms with Crippen molar-refractivity contribution in [2.75, 3.05) is 0 Å². The van der Waals surface area contributed by atoms with Crippen LogP contribution in [-0.4, -0.2) is 19.6 Å². The smallest absolute Gasteiger partial charge is 0.164 e. The molecule has 4 nitrogen and oxygen atoms in total. The third-order valence-corrected chi connectivity index (χ3v) is 3.63. The third-order valence-electron chi connectivity index (χ3n) is 3.63. The van der Waals surface area contributed by atoms with E-state index in [1.165, 1.54) is 12.1 Å². The Morgan fingerprint density at radius 1 is 0.957 bits per heavy atom. The van der Waals surface area contributed by atoms with E-state index in [0.29, 0.717) is 22.6 Å². The number of aromatic nitrogens is 3. The van der Waals surface area contributed by atoms with Gasteiger partial charge in [0, 0.05) is 18.0 Å². The topological polar surface area (TPSA) is 50.9 Å². The van der Waals surface area contributed by atoms with Gasteiger partial charge in [-0.25, -0.2) is 14.4 Å². The minimum absolute atomic E-state index is 0.155. The fourth-order valence-corrected chi connectivity index (χ4v) is 2.61. The first kappa shape index (κ1) is 13.5. The summed E-state index contributed by atoms with van der Waals surface area (Å²) in [6.07, 6.45) is 1.69. The van der Waals surface area contributed by atoms with Crippen molar-refractivity contribution in [3.8, 4) is 22.8 Å². The summed E-state index contributed by atoms with van der Waals surface area (Å²) in [7, 11) is 0. The number of benzene rings is 2. The van der Waals surface area contributed by atoms with Gasteiger partial charge in [-0.3, -0.25) is 4.57 Å². The summed E-state index contributed by atoms with van der Waals surface area (Å²) in [6, 6.07) is 17.2. The summed E-state index contributed by atoms with van der Waals surface area (Å²) in [4.78, 5) is 8.96. The molecular weight excluding hydrogens is 293 g/mol. The normalized spacial score (nSPS) is 11.0. The third kappa shape index (κ3) is 2.23. The molecule has 0 aliphatic carbocycles. The Labute approximate surface area is 131 Å². The molecule has 0 bridgehead atoms. The van der Waals surface area contributed by atoms with Gasteiger partial charge in [-0.15, -0.1) is 0 Å². The second-order valence-corrected chi connectivity index (χ2v) is 5.11. The Bertz CT molecular complexity index is 996. The molecule has 0 fully saturated rings. The zero-order valence-corrected chi connectivity index (χ0v) is 12.0. The van der Waals surface area contributed by atoms with Gasteiger partial charge in [0.15, 0.2) is 11.5 Å². The van der Waals surface area contributed by atoms with Crippen molar-refractivity contribution in [2.24, 2.45) is 0 Å². The van der Waals surface area contributed by atoms with Gasteiger partial charge in [0.05, 0.1) is 5.56 Å². The molecule has 0 saturated carbocycles. The molecule has 4 rings (SSSR count). The van der Waals surface area contributed by atoms with Crippen LogP contribution in [0.15, 0.2) is 66.9 Å². The van der Waals surface area contributed by atoms with Gasteiger partial charge in [0.2, 0.25) is 0 Å². The number of aromatic hydroxyl groups is 1. The molecule has 112 valence electrons. The maximum atomic E-state index is 13.3. The number of hydrogen-bond donors (Lipinski definition) is 1. The van der Waals surface area contributed by atoms with Gasteiger partial charge in [0.1, 0.15) is 17.1 Å². The number of halogens is 1. The standard InChI is InChI=1S/C18H12FN3O/c19-12-8-9-14(16(23)11-12)17-21-15-7-4-10-20-18(15)22(17)13-5-2-1-3-6-13/h1-11,23H. The summed E-state index contributed by atoms with van der Waals surface area (Å²) in [5.74, 6) is -0.133. The van der Waals surface area contributed by atoms with Crippen LogP contribution in [0.2, 0.25) is 0 Å². The molecule has 0 atom stereocenters. The molecule has 0 saturated heterocycles. The van der Waals surface area contributed by atoms with E-state index < -0.39 is 5.82 Å². The van der Waals surface area contributed by atoms with Crippen molar-refractivity contribution in [3.63, 3.8) is 0 Å². The van der Waals surface area contributed by atoms with E-state index in [4.69, 9.17) is 0 Å². The van der Waals surface area contributed by atoms with Crippen molar-refractivity contribution < 1.29 is 9.50 Å². The van der Waals surface area contributed by atoms with E-state index in [-0.39, 0.29) is 5.75 Å². The van der Waals surface area contributed by atoms with Gasteiger partial charge in [-0.1, -0.05) is 18.2 Å². The maximum absolute atomic E-state index is 13.3. The second kappa shape index (κ2) is 5.21. The van der Waals surface area contributed by atoms with Crippen LogP contribution in [0, 0.1) is 5.82 Å². The van der Waals surface area contributed by atoms with Crippen LogP contribution >= 0.6 is 0 Å². The molecule has 1 N–H and O–H groups in total. The van der Waals surface area contributed by atoms with E-state index in [1.54, 1.807) is 12.3 Å². The molecule has 4 aromatic rings. The second-order valence-electron chi connectivity index (χ2n) is 5.11. The fourth-order valence-electron chi connectivity index (χ4n) is 2.61. The van der Waals surface area contributed by atoms with Crippen molar-refractivity contribution in [1.82, 2.24) is 14.5 Å². The summed E-state index contributed by atoms with van der Waals surface area (Å²) >= 11 is 0. The van der Waals surface area contributed by atoms with Crippen molar-refractivity contribution in [2.45, 2.75) is 0 Å². The van der Waals surface area contributed by atoms with Crippen molar-refractivity contribution in [1.29, 1.82) is 0 Å². The molecule has 0 aliphatic rings. The summed E-state index contributed by atoms with van der Waals surface area (Å²) in [5.41, 5.74) is 2.70. The molecule has 2 heterocycles. The highest BCUT2D eigenvalue weighted by atomic mass is 19.1. The molecule has 0 unspecified atom stereocenters. The highest BCUT2D eigenvalue weighted by molar-refractivity contribution is 5.81. The van der Waals surface area contributed by atoms with Gasteiger partial charge >= 0.3 is 0 Å². The van der Waals surface area contributed by atoms with Crippen LogP contribution in [0.3, 0.4) is 0 Å². The van der Waals surface area contributed by atoms with Gasteiger partial charge in [-0.05, 0) is 36.4 Å². The first-order valence-electron chi connectivity index (χ1n) is 7.12. The highest BCUT2D eigenvalue weighted by Crippen LogP contribution is 2.33. The number of fused-ring (bicyclic) bond motifs is 1. The molecule has 0 aliphatic heterocycles. The van der Waals surface area contributed by atoms with Gasteiger partial charge in [0.25, 0.3) is 0 Å². The van der Waals surface area contributed by atoms with Gasteiger partial charge < -0.3 is 5.11 Å². The number of rotatable bonds is 2. The number of phenolic OH excluding ortho intramolecular Hbond substituents is 1. The molecular formula is C18H12FN3O. The number of nitrogens with zero attached hydrogens (tertiary/aromatic N) is 3. The summed E-state index contributed by atoms with van der Waals surface area (Å²) < 4.78 is 15.1. The van der Waals surface area contributed by atoms with E-state index in [1.807, 2.05) is 41.0 Å². The van der Waals surface area contributed by atoms with Crippen LogP contribution in [0.1, 0.15) is 0 Å². The minimum atomic E-state index is -0.494. The average molecular weight is 305 g/mol. The zero-order chi connectivity index (χ0) is 15.8. The lowest BCUT2D eigenvalue weighted by Gasteiger charge is -2.09. The van der Waals surface area contributed by atoms with Gasteiger partial charge in [-0.2, -0.15) is 0 Å². The Morgan fingerprint density at radius 3 is 2.57 bits per heavy atom.